The van der Waals surface area contributed by atoms with Gasteiger partial charge in [-0.15, -0.1) is 0 Å². The normalized spacial score (nSPS) is 18.7. The van der Waals surface area contributed by atoms with Crippen LogP contribution in [0.15, 0.2) is 30.3 Å². The lowest BCUT2D eigenvalue weighted by molar-refractivity contribution is -0.143. The summed E-state index contributed by atoms with van der Waals surface area (Å²) in [6.45, 7) is 2.90. The molecule has 1 aromatic carbocycles. The van der Waals surface area contributed by atoms with E-state index in [0.717, 1.165) is 32.5 Å². The maximum atomic E-state index is 11.2. The van der Waals surface area contributed by atoms with Gasteiger partial charge in [-0.2, -0.15) is 0 Å². The van der Waals surface area contributed by atoms with E-state index >= 15 is 0 Å². The molecule has 2 rings (SSSR count). The van der Waals surface area contributed by atoms with Gasteiger partial charge in [-0.05, 0) is 37.4 Å². The van der Waals surface area contributed by atoms with Gasteiger partial charge in [-0.1, -0.05) is 30.3 Å². The van der Waals surface area contributed by atoms with Crippen LogP contribution in [0.4, 0.5) is 0 Å². The Bertz CT molecular complexity index is 413. The Morgan fingerprint density at radius 3 is 2.60 bits per heavy atom. The van der Waals surface area contributed by atoms with Crippen LogP contribution in [0.2, 0.25) is 0 Å². The van der Waals surface area contributed by atoms with Crippen molar-refractivity contribution in [2.75, 3.05) is 20.2 Å². The highest BCUT2D eigenvalue weighted by atomic mass is 16.5. The molecule has 1 aliphatic heterocycles. The fourth-order valence-electron chi connectivity index (χ4n) is 2.76. The lowest BCUT2D eigenvalue weighted by atomic mass is 9.89. The zero-order valence-electron chi connectivity index (χ0n) is 12.0. The van der Waals surface area contributed by atoms with Crippen molar-refractivity contribution in [1.29, 1.82) is 0 Å². The molecule has 4 nitrogen and oxygen atoms in total. The summed E-state index contributed by atoms with van der Waals surface area (Å²) in [5.74, 6) is -0.120. The Balaban J connectivity index is 1.76. The van der Waals surface area contributed by atoms with Crippen LogP contribution >= 0.6 is 0 Å². The summed E-state index contributed by atoms with van der Waals surface area (Å²) in [5, 5.41) is 10.0. The summed E-state index contributed by atoms with van der Waals surface area (Å²) in [7, 11) is 1.36. The Morgan fingerprint density at radius 1 is 1.35 bits per heavy atom. The average Bonchev–Trinajstić information content (AvgIpc) is 2.49. The highest BCUT2D eigenvalue weighted by Gasteiger charge is 2.26. The molecule has 0 aromatic heterocycles. The van der Waals surface area contributed by atoms with Gasteiger partial charge in [-0.3, -0.25) is 9.69 Å². The average molecular weight is 277 g/mol. The number of likely N-dealkylation sites (tertiary alicyclic amines) is 1. The van der Waals surface area contributed by atoms with Gasteiger partial charge < -0.3 is 9.84 Å². The quantitative estimate of drug-likeness (QED) is 0.834. The number of hydrogen-bond acceptors (Lipinski definition) is 4. The molecule has 20 heavy (non-hydrogen) atoms. The van der Waals surface area contributed by atoms with Crippen LogP contribution < -0.4 is 0 Å². The van der Waals surface area contributed by atoms with E-state index in [-0.39, 0.29) is 18.3 Å². The van der Waals surface area contributed by atoms with Crippen molar-refractivity contribution in [2.45, 2.75) is 31.9 Å². The number of aliphatic hydroxyl groups excluding tert-OH is 1. The van der Waals surface area contributed by atoms with Gasteiger partial charge >= 0.3 is 5.97 Å². The molecule has 110 valence electrons. The molecule has 0 bridgehead atoms. The third kappa shape index (κ3) is 4.32. The van der Waals surface area contributed by atoms with Gasteiger partial charge in [0.2, 0.25) is 0 Å². The molecule has 1 saturated heterocycles. The number of rotatable bonds is 5. The number of hydrogen-bond donors (Lipinski definition) is 1. The second kappa shape index (κ2) is 7.41. The second-order valence-corrected chi connectivity index (χ2v) is 5.45. The first-order valence-corrected chi connectivity index (χ1v) is 7.20. The minimum Gasteiger partial charge on any atom is -0.469 e. The number of carbonyl (C=O) groups excluding carboxylic acids is 1. The Labute approximate surface area is 120 Å². The first-order chi connectivity index (χ1) is 9.69. The summed E-state index contributed by atoms with van der Waals surface area (Å²) in [4.78, 5) is 13.6. The number of methoxy groups -OCH3 is 1. The first-order valence-electron chi connectivity index (χ1n) is 7.20. The molecule has 0 aliphatic carbocycles. The van der Waals surface area contributed by atoms with Gasteiger partial charge in [0.1, 0.15) is 0 Å². The number of benzene rings is 1. The van der Waals surface area contributed by atoms with E-state index in [1.807, 2.05) is 6.07 Å². The van der Waals surface area contributed by atoms with Crippen molar-refractivity contribution >= 4 is 5.97 Å². The number of aliphatic hydroxyl groups is 1. The van der Waals surface area contributed by atoms with Crippen LogP contribution in [0.3, 0.4) is 0 Å². The number of esters is 1. The third-order valence-electron chi connectivity index (χ3n) is 4.03. The molecule has 1 N–H and O–H groups in total. The molecule has 0 spiro atoms. The van der Waals surface area contributed by atoms with E-state index in [1.54, 1.807) is 0 Å². The fraction of sp³-hybridized carbons (Fsp3) is 0.562. The van der Waals surface area contributed by atoms with E-state index < -0.39 is 6.10 Å². The van der Waals surface area contributed by atoms with Crippen LogP contribution in [0.1, 0.15) is 24.8 Å². The SMILES string of the molecule is COC(=O)CC(O)C1CCN(Cc2ccccc2)CC1. The van der Waals surface area contributed by atoms with Crippen LogP contribution in [0, 0.1) is 5.92 Å². The standard InChI is InChI=1S/C16H23NO3/c1-20-16(19)11-15(18)14-7-9-17(10-8-14)12-13-5-3-2-4-6-13/h2-6,14-15,18H,7-12H2,1H3. The topological polar surface area (TPSA) is 49.8 Å². The van der Waals surface area contributed by atoms with Crippen LogP contribution in [0.5, 0.6) is 0 Å². The van der Waals surface area contributed by atoms with Crippen molar-refractivity contribution in [3.8, 4) is 0 Å². The highest BCUT2D eigenvalue weighted by molar-refractivity contribution is 5.69. The Kier molecular flexibility index (Phi) is 5.56. The molecule has 0 saturated carbocycles. The van der Waals surface area contributed by atoms with Crippen molar-refractivity contribution in [3.05, 3.63) is 35.9 Å². The number of carbonyl (C=O) groups is 1. The molecule has 1 aromatic rings. The molecule has 1 aliphatic rings. The smallest absolute Gasteiger partial charge is 0.308 e. The molecule has 1 unspecified atom stereocenters. The van der Waals surface area contributed by atoms with Crippen molar-refractivity contribution in [1.82, 2.24) is 4.90 Å². The lowest BCUT2D eigenvalue weighted by Gasteiger charge is -2.34. The zero-order valence-corrected chi connectivity index (χ0v) is 12.0. The van der Waals surface area contributed by atoms with Gasteiger partial charge in [0.05, 0.1) is 19.6 Å². The zero-order chi connectivity index (χ0) is 14.4. The van der Waals surface area contributed by atoms with Crippen LogP contribution in [0.25, 0.3) is 0 Å². The van der Waals surface area contributed by atoms with Crippen molar-refractivity contribution < 1.29 is 14.6 Å². The van der Waals surface area contributed by atoms with E-state index in [2.05, 4.69) is 33.9 Å². The van der Waals surface area contributed by atoms with E-state index in [4.69, 9.17) is 0 Å². The summed E-state index contributed by atoms with van der Waals surface area (Å²) < 4.78 is 4.60. The summed E-state index contributed by atoms with van der Waals surface area (Å²) >= 11 is 0. The van der Waals surface area contributed by atoms with Gasteiger partial charge in [-0.25, -0.2) is 0 Å². The monoisotopic (exact) mass is 277 g/mol. The predicted octanol–water partition coefficient (Wildman–Crippen LogP) is 1.82. The summed E-state index contributed by atoms with van der Waals surface area (Å²) in [6.07, 6.45) is 1.41. The molecule has 1 atom stereocenters. The largest absolute Gasteiger partial charge is 0.469 e. The second-order valence-electron chi connectivity index (χ2n) is 5.45. The first kappa shape index (κ1) is 15.0. The molecule has 0 amide bonds. The van der Waals surface area contributed by atoms with Crippen molar-refractivity contribution in [2.24, 2.45) is 5.92 Å². The number of piperidine rings is 1. The molecule has 1 fully saturated rings. The van der Waals surface area contributed by atoms with Gasteiger partial charge in [0.25, 0.3) is 0 Å². The number of nitrogens with zero attached hydrogens (tertiary/aromatic N) is 1. The van der Waals surface area contributed by atoms with Crippen LogP contribution in [-0.2, 0) is 16.1 Å². The van der Waals surface area contributed by atoms with Gasteiger partial charge in [0.15, 0.2) is 0 Å². The minimum atomic E-state index is -0.568. The van der Waals surface area contributed by atoms with Gasteiger partial charge in [0, 0.05) is 6.54 Å². The Morgan fingerprint density at radius 2 is 2.00 bits per heavy atom. The molecular weight excluding hydrogens is 254 g/mol. The van der Waals surface area contributed by atoms with E-state index in [1.165, 1.54) is 12.7 Å². The maximum absolute atomic E-state index is 11.2. The predicted molar refractivity (Wildman–Crippen MR) is 77.1 cm³/mol. The summed E-state index contributed by atoms with van der Waals surface area (Å²) in [6, 6.07) is 10.4. The fourth-order valence-corrected chi connectivity index (χ4v) is 2.76. The van der Waals surface area contributed by atoms with Crippen molar-refractivity contribution in [3.63, 3.8) is 0 Å². The molecular formula is C16H23NO3. The molecule has 4 heteroatoms. The number of ether oxygens (including phenoxy) is 1. The maximum Gasteiger partial charge on any atom is 0.308 e. The van der Waals surface area contributed by atoms with E-state index in [9.17, 15) is 9.90 Å². The van der Waals surface area contributed by atoms with E-state index in [0.29, 0.717) is 0 Å². The lowest BCUT2D eigenvalue weighted by Crippen LogP contribution is -2.38. The molecule has 1 heterocycles. The minimum absolute atomic E-state index is 0.111. The molecule has 0 radical (unpaired) electrons. The van der Waals surface area contributed by atoms with Crippen LogP contribution in [-0.4, -0.2) is 42.3 Å². The third-order valence-corrected chi connectivity index (χ3v) is 4.03. The highest BCUT2D eigenvalue weighted by Crippen LogP contribution is 2.23. The summed E-state index contributed by atoms with van der Waals surface area (Å²) in [5.41, 5.74) is 1.32. The Hall–Kier alpha value is -1.39.